The zero-order chi connectivity index (χ0) is 14.3. The molecule has 1 aromatic carbocycles. The number of hydrogen-bond donors (Lipinski definition) is 1. The predicted molar refractivity (Wildman–Crippen MR) is 72.9 cm³/mol. The van der Waals surface area contributed by atoms with Crippen LogP contribution in [0.25, 0.3) is 6.08 Å². The first kappa shape index (κ1) is 14.8. The summed E-state index contributed by atoms with van der Waals surface area (Å²) in [5, 5.41) is 17.0. The van der Waals surface area contributed by atoms with E-state index >= 15 is 0 Å². The minimum atomic E-state index is -0.966. The molecule has 0 aliphatic carbocycles. The van der Waals surface area contributed by atoms with Gasteiger partial charge in [-0.25, -0.2) is 4.79 Å². The summed E-state index contributed by atoms with van der Waals surface area (Å²) in [5.41, 5.74) is 2.76. The molecule has 0 heterocycles. The summed E-state index contributed by atoms with van der Waals surface area (Å²) in [6.45, 7) is 4.36. The van der Waals surface area contributed by atoms with E-state index in [1.807, 2.05) is 26.0 Å². The van der Waals surface area contributed by atoms with Crippen LogP contribution in [0.2, 0.25) is 0 Å². The van der Waals surface area contributed by atoms with Gasteiger partial charge in [0, 0.05) is 12.5 Å². The number of nitrogens with zero attached hydrogens (tertiary/aromatic N) is 1. The molecule has 0 radical (unpaired) electrons. The number of nitriles is 1. The van der Waals surface area contributed by atoms with E-state index in [1.54, 1.807) is 6.08 Å². The molecule has 0 unspecified atom stereocenters. The second-order valence-corrected chi connectivity index (χ2v) is 4.27. The van der Waals surface area contributed by atoms with Crippen LogP contribution in [0.5, 0.6) is 5.75 Å². The third-order valence-electron chi connectivity index (χ3n) is 2.58. The van der Waals surface area contributed by atoms with E-state index in [0.717, 1.165) is 28.5 Å². The Kier molecular flexibility index (Phi) is 5.62. The lowest BCUT2D eigenvalue weighted by Crippen LogP contribution is -2.00. The number of aliphatic carboxylic acids is 1. The zero-order valence-corrected chi connectivity index (χ0v) is 11.1. The summed E-state index contributed by atoms with van der Waals surface area (Å²) in [7, 11) is 0. The monoisotopic (exact) mass is 259 g/mol. The second-order valence-electron chi connectivity index (χ2n) is 4.27. The normalized spacial score (nSPS) is 10.4. The molecule has 0 amide bonds. The number of benzene rings is 1. The van der Waals surface area contributed by atoms with Gasteiger partial charge in [-0.15, -0.1) is 0 Å². The van der Waals surface area contributed by atoms with Crippen LogP contribution in [0, 0.1) is 25.2 Å². The lowest BCUT2D eigenvalue weighted by atomic mass is 10.1. The summed E-state index contributed by atoms with van der Waals surface area (Å²) < 4.78 is 5.66. The van der Waals surface area contributed by atoms with Crippen LogP contribution in [0.4, 0.5) is 0 Å². The molecule has 0 fully saturated rings. The fourth-order valence-electron chi connectivity index (χ4n) is 1.80. The van der Waals surface area contributed by atoms with Crippen molar-refractivity contribution < 1.29 is 14.6 Å². The maximum atomic E-state index is 10.5. The smallest absolute Gasteiger partial charge is 0.328 e. The number of carbonyl (C=O) groups is 1. The van der Waals surface area contributed by atoms with Crippen LogP contribution < -0.4 is 4.74 Å². The number of unbranched alkanes of at least 4 members (excludes halogenated alkanes) is 1. The number of carboxylic acid groups (broad SMARTS) is 1. The summed E-state index contributed by atoms with van der Waals surface area (Å²) in [4.78, 5) is 10.5. The van der Waals surface area contributed by atoms with Gasteiger partial charge in [-0.3, -0.25) is 0 Å². The molecule has 0 spiro atoms. The van der Waals surface area contributed by atoms with Gasteiger partial charge < -0.3 is 9.84 Å². The Hall–Kier alpha value is -2.28. The summed E-state index contributed by atoms with van der Waals surface area (Å²) in [6, 6.07) is 5.84. The van der Waals surface area contributed by atoms with Crippen LogP contribution in [0.3, 0.4) is 0 Å². The van der Waals surface area contributed by atoms with Gasteiger partial charge in [0.15, 0.2) is 0 Å². The third kappa shape index (κ3) is 4.84. The Bertz CT molecular complexity index is 504. The SMILES string of the molecule is Cc1cc(/C=C/C(=O)O)cc(C)c1OCCCC#N. The summed E-state index contributed by atoms with van der Waals surface area (Å²) in [6.07, 6.45) is 3.86. The largest absolute Gasteiger partial charge is 0.493 e. The van der Waals surface area contributed by atoms with E-state index in [4.69, 9.17) is 15.1 Å². The number of aryl methyl sites for hydroxylation is 2. The molecule has 1 N–H and O–H groups in total. The number of hydrogen-bond acceptors (Lipinski definition) is 3. The van der Waals surface area contributed by atoms with Crippen LogP contribution in [0.1, 0.15) is 29.5 Å². The Labute approximate surface area is 112 Å². The topological polar surface area (TPSA) is 70.3 Å². The van der Waals surface area contributed by atoms with Gasteiger partial charge in [-0.2, -0.15) is 5.26 Å². The van der Waals surface area contributed by atoms with Crippen molar-refractivity contribution >= 4 is 12.0 Å². The van der Waals surface area contributed by atoms with Crippen molar-refractivity contribution in [1.82, 2.24) is 0 Å². The first-order chi connectivity index (χ1) is 9.04. The number of ether oxygens (including phenoxy) is 1. The lowest BCUT2D eigenvalue weighted by molar-refractivity contribution is -0.131. The zero-order valence-electron chi connectivity index (χ0n) is 11.1. The Balaban J connectivity index is 2.80. The van der Waals surface area contributed by atoms with Gasteiger partial charge >= 0.3 is 5.97 Å². The quantitative estimate of drug-likeness (QED) is 0.629. The molecule has 0 atom stereocenters. The molecule has 0 saturated carbocycles. The van der Waals surface area contributed by atoms with Gasteiger partial charge in [0.1, 0.15) is 5.75 Å². The second kappa shape index (κ2) is 7.22. The average Bonchev–Trinajstić information content (AvgIpc) is 2.34. The first-order valence-corrected chi connectivity index (χ1v) is 6.06. The van der Waals surface area contributed by atoms with Crippen molar-refractivity contribution in [2.75, 3.05) is 6.61 Å². The molecule has 19 heavy (non-hydrogen) atoms. The highest BCUT2D eigenvalue weighted by Crippen LogP contribution is 2.25. The maximum absolute atomic E-state index is 10.5. The van der Waals surface area contributed by atoms with Crippen molar-refractivity contribution in [1.29, 1.82) is 5.26 Å². The van der Waals surface area contributed by atoms with Gasteiger partial charge in [0.25, 0.3) is 0 Å². The minimum absolute atomic E-state index is 0.484. The van der Waals surface area contributed by atoms with Gasteiger partial charge in [-0.05, 0) is 55.2 Å². The molecule has 1 rings (SSSR count). The molecular weight excluding hydrogens is 242 g/mol. The van der Waals surface area contributed by atoms with E-state index in [1.165, 1.54) is 0 Å². The highest BCUT2D eigenvalue weighted by atomic mass is 16.5. The molecular formula is C15H17NO3. The van der Waals surface area contributed by atoms with Gasteiger partial charge in [-0.1, -0.05) is 0 Å². The van der Waals surface area contributed by atoms with E-state index in [2.05, 4.69) is 6.07 Å². The molecule has 100 valence electrons. The number of carboxylic acids is 1. The van der Waals surface area contributed by atoms with Crippen LogP contribution >= 0.6 is 0 Å². The van der Waals surface area contributed by atoms with E-state index in [0.29, 0.717) is 19.4 Å². The van der Waals surface area contributed by atoms with Crippen molar-refractivity contribution in [2.45, 2.75) is 26.7 Å². The summed E-state index contributed by atoms with van der Waals surface area (Å²) in [5.74, 6) is -0.155. The molecule has 4 nitrogen and oxygen atoms in total. The lowest BCUT2D eigenvalue weighted by Gasteiger charge is -2.12. The van der Waals surface area contributed by atoms with E-state index in [-0.39, 0.29) is 0 Å². The molecule has 4 heteroatoms. The molecule has 0 saturated heterocycles. The van der Waals surface area contributed by atoms with Crippen molar-refractivity contribution in [3.8, 4) is 11.8 Å². The van der Waals surface area contributed by atoms with E-state index < -0.39 is 5.97 Å². The maximum Gasteiger partial charge on any atom is 0.328 e. The molecule has 1 aromatic rings. The Morgan fingerprint density at radius 1 is 1.42 bits per heavy atom. The molecule has 0 aliphatic rings. The van der Waals surface area contributed by atoms with Crippen molar-refractivity contribution in [3.05, 3.63) is 34.9 Å². The fourth-order valence-corrected chi connectivity index (χ4v) is 1.80. The van der Waals surface area contributed by atoms with Crippen molar-refractivity contribution in [3.63, 3.8) is 0 Å². The standard InChI is InChI=1S/C15H17NO3/c1-11-9-13(5-6-14(17)18)10-12(2)15(11)19-8-4-3-7-16/h5-6,9-10H,3-4,8H2,1-2H3,(H,17,18)/b6-5+. The predicted octanol–water partition coefficient (Wildman–Crippen LogP) is 3.08. The van der Waals surface area contributed by atoms with Gasteiger partial charge in [0.05, 0.1) is 12.7 Å². The third-order valence-corrected chi connectivity index (χ3v) is 2.58. The van der Waals surface area contributed by atoms with Crippen LogP contribution in [-0.4, -0.2) is 17.7 Å². The van der Waals surface area contributed by atoms with Crippen LogP contribution in [0.15, 0.2) is 18.2 Å². The van der Waals surface area contributed by atoms with Crippen LogP contribution in [-0.2, 0) is 4.79 Å². The van der Waals surface area contributed by atoms with E-state index in [9.17, 15) is 4.79 Å². The number of rotatable bonds is 6. The highest BCUT2D eigenvalue weighted by molar-refractivity contribution is 5.85. The molecule has 0 aliphatic heterocycles. The Morgan fingerprint density at radius 2 is 2.05 bits per heavy atom. The van der Waals surface area contributed by atoms with Crippen molar-refractivity contribution in [2.24, 2.45) is 0 Å². The average molecular weight is 259 g/mol. The first-order valence-electron chi connectivity index (χ1n) is 6.06. The molecule has 0 aromatic heterocycles. The summed E-state index contributed by atoms with van der Waals surface area (Å²) >= 11 is 0. The highest BCUT2D eigenvalue weighted by Gasteiger charge is 2.05. The molecule has 0 bridgehead atoms. The Morgan fingerprint density at radius 3 is 2.58 bits per heavy atom. The fraction of sp³-hybridized carbons (Fsp3) is 0.333. The van der Waals surface area contributed by atoms with Gasteiger partial charge in [0.2, 0.25) is 0 Å². The minimum Gasteiger partial charge on any atom is -0.493 e.